The Bertz CT molecular complexity index is 1080. The largest absolute Gasteiger partial charge is 0.491 e. The molecule has 2 aliphatic heterocycles. The van der Waals surface area contributed by atoms with Crippen LogP contribution in [-0.4, -0.2) is 49.5 Å². The van der Waals surface area contributed by atoms with Gasteiger partial charge in [-0.05, 0) is 68.0 Å². The number of piperidine rings is 2. The maximum absolute atomic E-state index is 13.8. The van der Waals surface area contributed by atoms with Gasteiger partial charge in [0.15, 0.2) is 5.69 Å². The normalized spacial score (nSPS) is 24.5. The van der Waals surface area contributed by atoms with E-state index in [4.69, 9.17) is 4.74 Å². The third kappa shape index (κ3) is 3.56. The molecule has 0 unspecified atom stereocenters. The van der Waals surface area contributed by atoms with Gasteiger partial charge in [0, 0.05) is 11.7 Å². The number of carbonyl (C=O) groups excluding carboxylic acids is 1. The van der Waals surface area contributed by atoms with Crippen molar-refractivity contribution in [2.24, 2.45) is 11.8 Å². The number of amides is 1. The van der Waals surface area contributed by atoms with Gasteiger partial charge in [-0.25, -0.2) is 9.37 Å². The standard InChI is InChI=1S/C23H24FN5O2/c1-14-3-8-20(29-25-9-10-26-29)22(27-14)23(30)28-18-11-16(12-18)15(2)21(28)13-31-19-6-4-17(24)5-7-19/h3-10,15-16,18,21H,11-13H2,1-2H3/t15-,16?,18?,21+/m0/s1. The first-order valence-corrected chi connectivity index (χ1v) is 10.6. The minimum Gasteiger partial charge on any atom is -0.491 e. The summed E-state index contributed by atoms with van der Waals surface area (Å²) in [5.41, 5.74) is 1.67. The Balaban J connectivity index is 1.45. The molecule has 7 nitrogen and oxygen atoms in total. The van der Waals surface area contributed by atoms with Crippen molar-refractivity contribution in [2.75, 3.05) is 6.61 Å². The second-order valence-corrected chi connectivity index (χ2v) is 8.43. The zero-order valence-electron chi connectivity index (χ0n) is 17.5. The first-order chi connectivity index (χ1) is 15.0. The van der Waals surface area contributed by atoms with Crippen molar-refractivity contribution in [3.05, 3.63) is 66.0 Å². The molecule has 1 saturated carbocycles. The molecule has 2 saturated heterocycles. The number of carbonyl (C=O) groups is 1. The molecule has 6 rings (SSSR count). The Morgan fingerprint density at radius 1 is 1.13 bits per heavy atom. The Kier molecular flexibility index (Phi) is 4.92. The number of benzene rings is 1. The lowest BCUT2D eigenvalue weighted by molar-refractivity contribution is -0.0673. The number of pyridine rings is 1. The summed E-state index contributed by atoms with van der Waals surface area (Å²) >= 11 is 0. The number of halogens is 1. The quantitative estimate of drug-likeness (QED) is 0.631. The molecular formula is C23H24FN5O2. The molecule has 3 aromatic rings. The zero-order chi connectivity index (χ0) is 21.5. The number of rotatable bonds is 5. The van der Waals surface area contributed by atoms with E-state index in [1.54, 1.807) is 24.5 Å². The third-order valence-electron chi connectivity index (χ3n) is 6.57. The van der Waals surface area contributed by atoms with Crippen molar-refractivity contribution < 1.29 is 13.9 Å². The Labute approximate surface area is 179 Å². The summed E-state index contributed by atoms with van der Waals surface area (Å²) in [5.74, 6) is 1.05. The van der Waals surface area contributed by atoms with Crippen LogP contribution in [0.1, 0.15) is 35.9 Å². The van der Waals surface area contributed by atoms with Crippen molar-refractivity contribution >= 4 is 5.91 Å². The van der Waals surface area contributed by atoms with Crippen LogP contribution >= 0.6 is 0 Å². The lowest BCUT2D eigenvalue weighted by atomic mass is 9.64. The number of nitrogens with zero attached hydrogens (tertiary/aromatic N) is 5. The highest BCUT2D eigenvalue weighted by molar-refractivity contribution is 5.96. The molecule has 2 aromatic heterocycles. The van der Waals surface area contributed by atoms with Crippen LogP contribution in [0.3, 0.4) is 0 Å². The summed E-state index contributed by atoms with van der Waals surface area (Å²) in [7, 11) is 0. The van der Waals surface area contributed by atoms with E-state index in [-0.39, 0.29) is 23.8 Å². The second-order valence-electron chi connectivity index (χ2n) is 8.43. The molecule has 31 heavy (non-hydrogen) atoms. The van der Waals surface area contributed by atoms with Crippen LogP contribution in [0.2, 0.25) is 0 Å². The average molecular weight is 421 g/mol. The molecular weight excluding hydrogens is 397 g/mol. The van der Waals surface area contributed by atoms with Crippen LogP contribution in [0, 0.1) is 24.6 Å². The van der Waals surface area contributed by atoms with Crippen molar-refractivity contribution in [2.45, 2.75) is 38.8 Å². The van der Waals surface area contributed by atoms with Crippen LogP contribution < -0.4 is 4.74 Å². The summed E-state index contributed by atoms with van der Waals surface area (Å²) in [6.45, 7) is 4.40. The van der Waals surface area contributed by atoms with Gasteiger partial charge in [-0.1, -0.05) is 6.92 Å². The van der Waals surface area contributed by atoms with Crippen molar-refractivity contribution in [1.82, 2.24) is 24.9 Å². The SMILES string of the molecule is Cc1ccc(-n2nccn2)c(C(=O)N2C3CC(C3)[C@H](C)[C@H]2COc2ccc(F)cc2)n1. The summed E-state index contributed by atoms with van der Waals surface area (Å²) < 4.78 is 19.2. The number of aromatic nitrogens is 4. The molecule has 1 amide bonds. The van der Waals surface area contributed by atoms with Crippen molar-refractivity contribution in [3.63, 3.8) is 0 Å². The molecule has 0 radical (unpaired) electrons. The molecule has 2 bridgehead atoms. The highest BCUT2D eigenvalue weighted by Crippen LogP contribution is 2.47. The average Bonchev–Trinajstić information content (AvgIpc) is 3.27. The van der Waals surface area contributed by atoms with Gasteiger partial charge in [0.25, 0.3) is 5.91 Å². The van der Waals surface area contributed by atoms with Gasteiger partial charge in [0.2, 0.25) is 0 Å². The van der Waals surface area contributed by atoms with Crippen LogP contribution in [0.5, 0.6) is 5.75 Å². The lowest BCUT2D eigenvalue weighted by Gasteiger charge is -2.57. The smallest absolute Gasteiger partial charge is 0.275 e. The molecule has 2 atom stereocenters. The second kappa shape index (κ2) is 7.76. The Morgan fingerprint density at radius 2 is 1.84 bits per heavy atom. The van der Waals surface area contributed by atoms with E-state index in [1.165, 1.54) is 16.9 Å². The molecule has 0 spiro atoms. The fourth-order valence-corrected chi connectivity index (χ4v) is 4.72. The third-order valence-corrected chi connectivity index (χ3v) is 6.57. The number of aryl methyl sites for hydroxylation is 1. The monoisotopic (exact) mass is 421 g/mol. The molecule has 3 fully saturated rings. The molecule has 3 aliphatic rings. The summed E-state index contributed by atoms with van der Waals surface area (Å²) in [6, 6.07) is 9.74. The fourth-order valence-electron chi connectivity index (χ4n) is 4.72. The Hall–Kier alpha value is -3.29. The van der Waals surface area contributed by atoms with Gasteiger partial charge in [0.05, 0.1) is 18.4 Å². The van der Waals surface area contributed by atoms with Gasteiger partial charge < -0.3 is 9.64 Å². The molecule has 4 heterocycles. The summed E-state index contributed by atoms with van der Waals surface area (Å²) in [4.78, 5) is 21.8. The highest BCUT2D eigenvalue weighted by Gasteiger charge is 2.51. The first-order valence-electron chi connectivity index (χ1n) is 10.6. The van der Waals surface area contributed by atoms with E-state index >= 15 is 0 Å². The van der Waals surface area contributed by atoms with Crippen LogP contribution in [0.15, 0.2) is 48.8 Å². The molecule has 1 aromatic carbocycles. The van der Waals surface area contributed by atoms with E-state index in [2.05, 4.69) is 22.1 Å². The minimum absolute atomic E-state index is 0.0872. The van der Waals surface area contributed by atoms with E-state index in [0.717, 1.165) is 18.5 Å². The Morgan fingerprint density at radius 3 is 2.55 bits per heavy atom. The molecule has 0 N–H and O–H groups in total. The molecule has 8 heteroatoms. The van der Waals surface area contributed by atoms with E-state index in [0.29, 0.717) is 35.6 Å². The van der Waals surface area contributed by atoms with Crippen molar-refractivity contribution in [3.8, 4) is 11.4 Å². The molecule has 1 aliphatic carbocycles. The number of ether oxygens (including phenoxy) is 1. The van der Waals surface area contributed by atoms with Crippen LogP contribution in [0.4, 0.5) is 4.39 Å². The topological polar surface area (TPSA) is 73.1 Å². The predicted octanol–water partition coefficient (Wildman–Crippen LogP) is 3.43. The first kappa shape index (κ1) is 19.7. The summed E-state index contributed by atoms with van der Waals surface area (Å²) in [5, 5.41) is 8.38. The molecule has 160 valence electrons. The van der Waals surface area contributed by atoms with Gasteiger partial charge in [-0.15, -0.1) is 4.80 Å². The number of hydrogen-bond donors (Lipinski definition) is 0. The lowest BCUT2D eigenvalue weighted by Crippen LogP contribution is -2.64. The number of hydrogen-bond acceptors (Lipinski definition) is 5. The van der Waals surface area contributed by atoms with Gasteiger partial charge in [-0.3, -0.25) is 4.79 Å². The number of fused-ring (bicyclic) bond motifs is 2. The minimum atomic E-state index is -0.304. The van der Waals surface area contributed by atoms with Gasteiger partial charge in [0.1, 0.15) is 23.9 Å². The maximum Gasteiger partial charge on any atom is 0.275 e. The van der Waals surface area contributed by atoms with Gasteiger partial charge in [-0.2, -0.15) is 10.2 Å². The van der Waals surface area contributed by atoms with Crippen LogP contribution in [-0.2, 0) is 0 Å². The van der Waals surface area contributed by atoms with E-state index in [1.807, 2.05) is 24.0 Å². The maximum atomic E-state index is 13.8. The van der Waals surface area contributed by atoms with Crippen LogP contribution in [0.25, 0.3) is 5.69 Å². The highest BCUT2D eigenvalue weighted by atomic mass is 19.1. The summed E-state index contributed by atoms with van der Waals surface area (Å²) in [6.07, 6.45) is 5.15. The van der Waals surface area contributed by atoms with Crippen molar-refractivity contribution in [1.29, 1.82) is 0 Å². The zero-order valence-corrected chi connectivity index (χ0v) is 17.5. The predicted molar refractivity (Wildman–Crippen MR) is 111 cm³/mol. The fraction of sp³-hybridized carbons (Fsp3) is 0.391. The van der Waals surface area contributed by atoms with E-state index < -0.39 is 0 Å². The van der Waals surface area contributed by atoms with Gasteiger partial charge >= 0.3 is 0 Å². The van der Waals surface area contributed by atoms with E-state index in [9.17, 15) is 9.18 Å².